The molecule has 18 heavy (non-hydrogen) atoms. The van der Waals surface area contributed by atoms with Gasteiger partial charge >= 0.3 is 0 Å². The summed E-state index contributed by atoms with van der Waals surface area (Å²) < 4.78 is 1.58. The number of nitrogens with zero attached hydrogens (tertiary/aromatic N) is 4. The second kappa shape index (κ2) is 6.49. The molecule has 0 aliphatic carbocycles. The van der Waals surface area contributed by atoms with E-state index in [1.165, 1.54) is 6.33 Å². The average Bonchev–Trinajstić information content (AvgIpc) is 2.90. The molecule has 0 radical (unpaired) electrons. The van der Waals surface area contributed by atoms with Gasteiger partial charge in [-0.25, -0.2) is 9.67 Å². The highest BCUT2D eigenvalue weighted by Crippen LogP contribution is 2.13. The van der Waals surface area contributed by atoms with Crippen LogP contribution in [0.15, 0.2) is 12.7 Å². The number of likely N-dealkylation sites (N-methyl/N-ethyl adjacent to an activating group) is 1. The number of piperidine rings is 1. The molecule has 2 heterocycles. The lowest BCUT2D eigenvalue weighted by Gasteiger charge is -2.29. The third-order valence-corrected chi connectivity index (χ3v) is 3.44. The van der Waals surface area contributed by atoms with Crippen molar-refractivity contribution in [1.29, 1.82) is 0 Å². The van der Waals surface area contributed by atoms with E-state index in [9.17, 15) is 4.79 Å². The van der Waals surface area contributed by atoms with Gasteiger partial charge in [0.05, 0.1) is 0 Å². The van der Waals surface area contributed by atoms with E-state index in [0.717, 1.165) is 39.0 Å². The number of hydrogen-bond acceptors (Lipinski definition) is 4. The normalized spacial score (nSPS) is 16.7. The van der Waals surface area contributed by atoms with Crippen LogP contribution in [0.25, 0.3) is 0 Å². The molecular weight excluding hydrogens is 230 g/mol. The van der Waals surface area contributed by atoms with Gasteiger partial charge < -0.3 is 10.2 Å². The van der Waals surface area contributed by atoms with E-state index in [1.54, 1.807) is 11.0 Å². The van der Waals surface area contributed by atoms with E-state index in [1.807, 2.05) is 11.8 Å². The summed E-state index contributed by atoms with van der Waals surface area (Å²) in [7, 11) is 0. The fourth-order valence-electron chi connectivity index (χ4n) is 2.34. The van der Waals surface area contributed by atoms with Gasteiger partial charge in [0.2, 0.25) is 5.91 Å². The van der Waals surface area contributed by atoms with E-state index in [-0.39, 0.29) is 5.91 Å². The average molecular weight is 251 g/mol. The van der Waals surface area contributed by atoms with Gasteiger partial charge in [-0.15, -0.1) is 0 Å². The summed E-state index contributed by atoms with van der Waals surface area (Å²) in [5, 5.41) is 7.31. The number of carbonyl (C=O) groups excluding carboxylic acids is 1. The zero-order chi connectivity index (χ0) is 12.8. The molecule has 1 aromatic heterocycles. The molecule has 0 saturated carbocycles. The summed E-state index contributed by atoms with van der Waals surface area (Å²) in [6.45, 7) is 6.08. The Balaban J connectivity index is 1.85. The van der Waals surface area contributed by atoms with E-state index in [0.29, 0.717) is 12.5 Å². The van der Waals surface area contributed by atoms with Gasteiger partial charge in [-0.2, -0.15) is 5.10 Å². The maximum atomic E-state index is 12.1. The fraction of sp³-hybridized carbons (Fsp3) is 0.750. The quantitative estimate of drug-likeness (QED) is 0.808. The highest BCUT2D eigenvalue weighted by atomic mass is 16.2. The molecule has 1 aliphatic heterocycles. The second-order valence-corrected chi connectivity index (χ2v) is 4.72. The van der Waals surface area contributed by atoms with Crippen molar-refractivity contribution in [3.63, 3.8) is 0 Å². The Hall–Kier alpha value is -1.43. The van der Waals surface area contributed by atoms with Gasteiger partial charge in [0.15, 0.2) is 0 Å². The highest BCUT2D eigenvalue weighted by molar-refractivity contribution is 5.75. The maximum Gasteiger partial charge on any atom is 0.244 e. The summed E-state index contributed by atoms with van der Waals surface area (Å²) in [5.74, 6) is 0.757. The molecule has 1 N–H and O–H groups in total. The Kier molecular flexibility index (Phi) is 4.69. The molecule has 2 rings (SSSR count). The molecule has 0 aromatic carbocycles. The van der Waals surface area contributed by atoms with Crippen LogP contribution < -0.4 is 5.32 Å². The molecule has 1 amide bonds. The lowest BCUT2D eigenvalue weighted by Crippen LogP contribution is -2.40. The Morgan fingerprint density at radius 2 is 2.28 bits per heavy atom. The predicted molar refractivity (Wildman–Crippen MR) is 67.9 cm³/mol. The zero-order valence-corrected chi connectivity index (χ0v) is 10.9. The SMILES string of the molecule is CCN(CC1CCNCC1)C(=O)Cn1cncn1. The monoisotopic (exact) mass is 251 g/mol. The van der Waals surface area contributed by atoms with Gasteiger partial charge in [0.1, 0.15) is 19.2 Å². The summed E-state index contributed by atoms with van der Waals surface area (Å²) in [4.78, 5) is 17.9. The van der Waals surface area contributed by atoms with E-state index in [4.69, 9.17) is 0 Å². The van der Waals surface area contributed by atoms with Crippen molar-refractivity contribution >= 4 is 5.91 Å². The first-order valence-corrected chi connectivity index (χ1v) is 6.60. The smallest absolute Gasteiger partial charge is 0.244 e. The van der Waals surface area contributed by atoms with Crippen molar-refractivity contribution in [2.24, 2.45) is 5.92 Å². The number of nitrogens with one attached hydrogen (secondary N) is 1. The van der Waals surface area contributed by atoms with E-state index < -0.39 is 0 Å². The topological polar surface area (TPSA) is 63.1 Å². The lowest BCUT2D eigenvalue weighted by atomic mass is 9.97. The molecule has 0 spiro atoms. The van der Waals surface area contributed by atoms with Crippen LogP contribution in [0.4, 0.5) is 0 Å². The summed E-state index contributed by atoms with van der Waals surface area (Å²) >= 11 is 0. The predicted octanol–water partition coefficient (Wildman–Crippen LogP) is 0.126. The molecule has 6 nitrogen and oxygen atoms in total. The maximum absolute atomic E-state index is 12.1. The van der Waals surface area contributed by atoms with Crippen molar-refractivity contribution in [3.05, 3.63) is 12.7 Å². The molecule has 1 aromatic rings. The number of aromatic nitrogens is 3. The molecule has 1 saturated heterocycles. The molecule has 1 aliphatic rings. The number of carbonyl (C=O) groups is 1. The first-order valence-electron chi connectivity index (χ1n) is 6.60. The third kappa shape index (κ3) is 3.53. The van der Waals surface area contributed by atoms with E-state index in [2.05, 4.69) is 15.4 Å². The van der Waals surface area contributed by atoms with Crippen LogP contribution in [0.1, 0.15) is 19.8 Å². The van der Waals surface area contributed by atoms with Gasteiger partial charge in [0.25, 0.3) is 0 Å². The van der Waals surface area contributed by atoms with Crippen LogP contribution in [-0.2, 0) is 11.3 Å². The molecule has 1 fully saturated rings. The molecule has 0 bridgehead atoms. The molecule has 0 atom stereocenters. The van der Waals surface area contributed by atoms with Crippen LogP contribution in [-0.4, -0.2) is 51.8 Å². The van der Waals surface area contributed by atoms with Crippen molar-refractivity contribution in [1.82, 2.24) is 25.0 Å². The first-order chi connectivity index (χ1) is 8.79. The van der Waals surface area contributed by atoms with Gasteiger partial charge in [-0.1, -0.05) is 0 Å². The van der Waals surface area contributed by atoms with E-state index >= 15 is 0 Å². The molecular formula is C12H21N5O. The van der Waals surface area contributed by atoms with Crippen molar-refractivity contribution < 1.29 is 4.79 Å². The van der Waals surface area contributed by atoms with Crippen LogP contribution >= 0.6 is 0 Å². The molecule has 0 unspecified atom stereocenters. The highest BCUT2D eigenvalue weighted by Gasteiger charge is 2.19. The Bertz CT molecular complexity index is 359. The Labute approximate surface area is 107 Å². The minimum atomic E-state index is 0.126. The fourth-order valence-corrected chi connectivity index (χ4v) is 2.34. The second-order valence-electron chi connectivity index (χ2n) is 4.72. The summed E-state index contributed by atoms with van der Waals surface area (Å²) in [6.07, 6.45) is 5.35. The lowest BCUT2D eigenvalue weighted by molar-refractivity contribution is -0.132. The standard InChI is InChI=1S/C12H21N5O/c1-2-16(7-11-3-5-13-6-4-11)12(18)8-17-10-14-9-15-17/h9-11,13H,2-8H2,1H3. The Morgan fingerprint density at radius 3 is 2.89 bits per heavy atom. The van der Waals surface area contributed by atoms with Crippen molar-refractivity contribution in [2.45, 2.75) is 26.3 Å². The minimum absolute atomic E-state index is 0.126. The van der Waals surface area contributed by atoms with Gasteiger partial charge in [-0.3, -0.25) is 4.79 Å². The Morgan fingerprint density at radius 1 is 1.50 bits per heavy atom. The molecule has 6 heteroatoms. The minimum Gasteiger partial charge on any atom is -0.341 e. The van der Waals surface area contributed by atoms with Gasteiger partial charge in [-0.05, 0) is 38.8 Å². The van der Waals surface area contributed by atoms with Crippen LogP contribution in [0.2, 0.25) is 0 Å². The van der Waals surface area contributed by atoms with Crippen molar-refractivity contribution in [2.75, 3.05) is 26.2 Å². The number of amides is 1. The van der Waals surface area contributed by atoms with Crippen LogP contribution in [0.3, 0.4) is 0 Å². The molecule has 100 valence electrons. The van der Waals surface area contributed by atoms with Crippen LogP contribution in [0.5, 0.6) is 0 Å². The van der Waals surface area contributed by atoms with Crippen molar-refractivity contribution in [3.8, 4) is 0 Å². The zero-order valence-electron chi connectivity index (χ0n) is 10.9. The van der Waals surface area contributed by atoms with Crippen LogP contribution in [0, 0.1) is 5.92 Å². The number of hydrogen-bond donors (Lipinski definition) is 1. The number of rotatable bonds is 5. The first kappa shape index (κ1) is 13.0. The third-order valence-electron chi connectivity index (χ3n) is 3.44. The van der Waals surface area contributed by atoms with Gasteiger partial charge in [0, 0.05) is 13.1 Å². The summed E-state index contributed by atoms with van der Waals surface area (Å²) in [5.41, 5.74) is 0. The summed E-state index contributed by atoms with van der Waals surface area (Å²) in [6, 6.07) is 0. The largest absolute Gasteiger partial charge is 0.341 e.